The number of unbranched alkanes of at least 4 members (excludes halogenated alkanes) is 16. The Morgan fingerprint density at radius 1 is 0.686 bits per heavy atom. The van der Waals surface area contributed by atoms with Crippen molar-refractivity contribution in [3.63, 3.8) is 0 Å². The minimum Gasteiger partial charge on any atom is -0.0840 e. The highest BCUT2D eigenvalue weighted by molar-refractivity contribution is 6.45. The van der Waals surface area contributed by atoms with E-state index in [9.17, 15) is 0 Å². The molecule has 0 saturated heterocycles. The van der Waals surface area contributed by atoms with E-state index in [1.54, 1.807) is 5.57 Å². The van der Waals surface area contributed by atoms with Crippen LogP contribution in [0.15, 0.2) is 47.6 Å². The fourth-order valence-electron chi connectivity index (χ4n) is 6.13. The van der Waals surface area contributed by atoms with Crippen molar-refractivity contribution in [1.82, 2.24) is 0 Å². The molecule has 0 nitrogen and oxygen atoms in total. The average molecular weight is 497 g/mol. The number of allylic oxidation sites excluding steroid dienone is 8. The molecule has 35 heavy (non-hydrogen) atoms. The van der Waals surface area contributed by atoms with Crippen LogP contribution in [0.5, 0.6) is 0 Å². The molecule has 0 saturated carbocycles. The molecule has 0 spiro atoms. The van der Waals surface area contributed by atoms with Gasteiger partial charge in [0.05, 0.1) is 0 Å². The first-order valence-electron chi connectivity index (χ1n) is 15.9. The van der Waals surface area contributed by atoms with Gasteiger partial charge in [-0.25, -0.2) is 0 Å². The molecule has 2 atom stereocenters. The minimum absolute atomic E-state index is 0.201. The summed E-state index contributed by atoms with van der Waals surface area (Å²) in [6, 6.07) is 0. The third kappa shape index (κ3) is 13.3. The zero-order valence-corrected chi connectivity index (χ0v) is 25.5. The summed E-state index contributed by atoms with van der Waals surface area (Å²) < 4.78 is 0. The SMILES string of the molecule is CCCCCCCCCCCCCCCCCCC1=C(CCCC)C([SiH2]C2(C)C=CC=CC2)C=C1. The number of rotatable bonds is 22. The van der Waals surface area contributed by atoms with E-state index in [1.165, 1.54) is 135 Å². The van der Waals surface area contributed by atoms with Gasteiger partial charge in [-0.2, -0.15) is 0 Å². The van der Waals surface area contributed by atoms with Crippen molar-refractivity contribution in [2.45, 2.75) is 166 Å². The summed E-state index contributed by atoms with van der Waals surface area (Å²) >= 11 is 0. The Kier molecular flexibility index (Phi) is 16.8. The molecule has 1 heteroatoms. The summed E-state index contributed by atoms with van der Waals surface area (Å²) in [5.74, 6) is 0. The lowest BCUT2D eigenvalue weighted by Crippen LogP contribution is -2.20. The van der Waals surface area contributed by atoms with E-state index >= 15 is 0 Å². The molecule has 2 rings (SSSR count). The first-order chi connectivity index (χ1) is 17.2. The smallest absolute Gasteiger partial charge is 0.0447 e. The van der Waals surface area contributed by atoms with Crippen LogP contribution in [0.3, 0.4) is 0 Å². The molecular weight excluding hydrogens is 436 g/mol. The van der Waals surface area contributed by atoms with Crippen molar-refractivity contribution in [3.8, 4) is 0 Å². The molecule has 0 amide bonds. The topological polar surface area (TPSA) is 0 Å². The first-order valence-corrected chi connectivity index (χ1v) is 17.5. The third-order valence-electron chi connectivity index (χ3n) is 8.51. The van der Waals surface area contributed by atoms with Crippen molar-refractivity contribution >= 4 is 9.52 Å². The summed E-state index contributed by atoms with van der Waals surface area (Å²) in [6.07, 6.45) is 44.5. The molecule has 2 unspecified atom stereocenters. The van der Waals surface area contributed by atoms with Gasteiger partial charge in [-0.1, -0.05) is 166 Å². The molecule has 0 aliphatic heterocycles. The van der Waals surface area contributed by atoms with E-state index in [1.807, 2.05) is 5.57 Å². The zero-order valence-electron chi connectivity index (χ0n) is 24.1. The molecule has 0 N–H and O–H groups in total. The van der Waals surface area contributed by atoms with E-state index in [4.69, 9.17) is 0 Å². The molecule has 0 aromatic rings. The van der Waals surface area contributed by atoms with E-state index in [-0.39, 0.29) is 9.52 Å². The molecule has 200 valence electrons. The van der Waals surface area contributed by atoms with Crippen LogP contribution in [0, 0.1) is 0 Å². The van der Waals surface area contributed by atoms with Crippen molar-refractivity contribution in [3.05, 3.63) is 47.6 Å². The Bertz CT molecular complexity index is 652. The summed E-state index contributed by atoms with van der Waals surface area (Å²) in [4.78, 5) is 0. The van der Waals surface area contributed by atoms with Gasteiger partial charge in [-0.15, -0.1) is 0 Å². The first kappa shape index (κ1) is 30.4. The lowest BCUT2D eigenvalue weighted by molar-refractivity contribution is 0.529. The maximum Gasteiger partial charge on any atom is 0.0447 e. The maximum absolute atomic E-state index is 2.61. The van der Waals surface area contributed by atoms with Crippen molar-refractivity contribution in [2.75, 3.05) is 0 Å². The van der Waals surface area contributed by atoms with Crippen LogP contribution in [-0.4, -0.2) is 9.52 Å². The fraction of sp³-hybridized carbons (Fsp3) is 0.765. The molecule has 0 bridgehead atoms. The Morgan fingerprint density at radius 2 is 1.23 bits per heavy atom. The largest absolute Gasteiger partial charge is 0.0840 e. The normalized spacial score (nSPS) is 21.9. The van der Waals surface area contributed by atoms with Crippen LogP contribution in [0.4, 0.5) is 0 Å². The lowest BCUT2D eigenvalue weighted by Gasteiger charge is -2.30. The Morgan fingerprint density at radius 3 is 1.74 bits per heavy atom. The fourth-order valence-corrected chi connectivity index (χ4v) is 8.73. The Labute approximate surface area is 223 Å². The highest BCUT2D eigenvalue weighted by atomic mass is 28.2. The van der Waals surface area contributed by atoms with Gasteiger partial charge in [0, 0.05) is 9.52 Å². The number of hydrogen-bond acceptors (Lipinski definition) is 0. The predicted molar refractivity (Wildman–Crippen MR) is 163 cm³/mol. The van der Waals surface area contributed by atoms with Gasteiger partial charge < -0.3 is 0 Å². The van der Waals surface area contributed by atoms with Crippen molar-refractivity contribution in [2.24, 2.45) is 0 Å². The summed E-state index contributed by atoms with van der Waals surface area (Å²) in [7, 11) is -0.201. The van der Waals surface area contributed by atoms with E-state index in [0.717, 1.165) is 5.54 Å². The second-order valence-electron chi connectivity index (χ2n) is 12.0. The van der Waals surface area contributed by atoms with E-state index in [0.29, 0.717) is 5.04 Å². The monoisotopic (exact) mass is 496 g/mol. The molecule has 0 heterocycles. The Hall–Kier alpha value is -0.823. The summed E-state index contributed by atoms with van der Waals surface area (Å²) in [5, 5.41) is 0.477. The predicted octanol–water partition coefficient (Wildman–Crippen LogP) is 11.3. The Balaban J connectivity index is 1.52. The quantitative estimate of drug-likeness (QED) is 0.103. The highest BCUT2D eigenvalue weighted by Crippen LogP contribution is 2.44. The lowest BCUT2D eigenvalue weighted by atomic mass is 9.98. The second kappa shape index (κ2) is 19.3. The van der Waals surface area contributed by atoms with Crippen LogP contribution in [0.25, 0.3) is 0 Å². The highest BCUT2D eigenvalue weighted by Gasteiger charge is 2.29. The van der Waals surface area contributed by atoms with Gasteiger partial charge in [0.1, 0.15) is 0 Å². The molecular formula is C34H60Si. The van der Waals surface area contributed by atoms with Gasteiger partial charge in [0.2, 0.25) is 0 Å². The van der Waals surface area contributed by atoms with Crippen molar-refractivity contribution < 1.29 is 0 Å². The molecule has 0 radical (unpaired) electrons. The van der Waals surface area contributed by atoms with Crippen LogP contribution in [-0.2, 0) is 0 Å². The summed E-state index contributed by atoms with van der Waals surface area (Å²) in [6.45, 7) is 7.17. The second-order valence-corrected chi connectivity index (χ2v) is 14.9. The van der Waals surface area contributed by atoms with Crippen molar-refractivity contribution in [1.29, 1.82) is 0 Å². The molecule has 0 aromatic heterocycles. The van der Waals surface area contributed by atoms with E-state index in [2.05, 4.69) is 57.2 Å². The molecule has 0 aromatic carbocycles. The average Bonchev–Trinajstić information content (AvgIpc) is 3.23. The maximum atomic E-state index is 2.61. The van der Waals surface area contributed by atoms with Crippen LogP contribution in [0.1, 0.15) is 156 Å². The molecule has 2 aliphatic carbocycles. The molecule has 2 aliphatic rings. The van der Waals surface area contributed by atoms with Crippen LogP contribution >= 0.6 is 0 Å². The van der Waals surface area contributed by atoms with Crippen LogP contribution < -0.4 is 0 Å². The van der Waals surface area contributed by atoms with Gasteiger partial charge in [-0.05, 0) is 48.3 Å². The zero-order chi connectivity index (χ0) is 25.0. The summed E-state index contributed by atoms with van der Waals surface area (Å²) in [5.41, 5.74) is 4.41. The third-order valence-corrected chi connectivity index (χ3v) is 11.2. The van der Waals surface area contributed by atoms with Crippen LogP contribution in [0.2, 0.25) is 10.6 Å². The van der Waals surface area contributed by atoms with Gasteiger partial charge in [-0.3, -0.25) is 0 Å². The van der Waals surface area contributed by atoms with Gasteiger partial charge in [0.15, 0.2) is 0 Å². The molecule has 0 fully saturated rings. The van der Waals surface area contributed by atoms with E-state index < -0.39 is 0 Å². The minimum atomic E-state index is -0.201. The van der Waals surface area contributed by atoms with Gasteiger partial charge >= 0.3 is 0 Å². The number of hydrogen-bond donors (Lipinski definition) is 0. The van der Waals surface area contributed by atoms with Gasteiger partial charge in [0.25, 0.3) is 0 Å². The standard InChI is InChI=1S/C34H60Si/c1-4-6-8-9-10-11-12-13-14-15-16-17-18-19-20-22-25-31-27-28-33(32(31)26-7-5-2)35-34(3)29-23-21-24-30-34/h21,23-24,27-29,33H,4-20,22,25-26,30,35H2,1-3H3.